The van der Waals surface area contributed by atoms with Crippen molar-refractivity contribution in [2.45, 2.75) is 51.5 Å². The highest BCUT2D eigenvalue weighted by molar-refractivity contribution is 5.92. The lowest BCUT2D eigenvalue weighted by Crippen LogP contribution is -2.34. The van der Waals surface area contributed by atoms with E-state index in [0.717, 1.165) is 24.2 Å². The normalized spacial score (nSPS) is 15.5. The van der Waals surface area contributed by atoms with E-state index in [-0.39, 0.29) is 5.91 Å². The molecule has 2 N–H and O–H groups in total. The number of rotatable bonds is 4. The van der Waals surface area contributed by atoms with E-state index in [2.05, 4.69) is 28.6 Å². The Morgan fingerprint density at radius 2 is 1.79 bits per heavy atom. The average molecular weight is 323 g/mol. The largest absolute Gasteiger partial charge is 0.354 e. The zero-order valence-corrected chi connectivity index (χ0v) is 14.2. The van der Waals surface area contributed by atoms with E-state index in [9.17, 15) is 4.79 Å². The number of carbonyl (C=O) groups excluding carboxylic acids is 1. The van der Waals surface area contributed by atoms with Crippen LogP contribution in [0.15, 0.2) is 42.6 Å². The second-order valence-corrected chi connectivity index (χ2v) is 6.53. The fraction of sp³-hybridized carbons (Fsp3) is 0.400. The summed E-state index contributed by atoms with van der Waals surface area (Å²) in [6, 6.07) is 12.1. The monoisotopic (exact) mass is 323 g/mol. The maximum absolute atomic E-state index is 12.4. The van der Waals surface area contributed by atoms with Gasteiger partial charge in [-0.3, -0.25) is 4.79 Å². The van der Waals surface area contributed by atoms with Crippen molar-refractivity contribution in [1.82, 2.24) is 10.3 Å². The molecular formula is C20H25N3O. The second-order valence-electron chi connectivity index (χ2n) is 6.53. The Hall–Kier alpha value is -2.36. The zero-order chi connectivity index (χ0) is 16.8. The van der Waals surface area contributed by atoms with Crippen molar-refractivity contribution in [3.8, 4) is 0 Å². The van der Waals surface area contributed by atoms with Gasteiger partial charge < -0.3 is 10.6 Å². The van der Waals surface area contributed by atoms with Gasteiger partial charge in [0, 0.05) is 11.7 Å². The lowest BCUT2D eigenvalue weighted by atomic mass is 10.1. The molecule has 1 aliphatic carbocycles. The molecule has 1 saturated carbocycles. The highest BCUT2D eigenvalue weighted by Gasteiger charge is 2.16. The van der Waals surface area contributed by atoms with E-state index < -0.39 is 0 Å². The molecule has 0 saturated heterocycles. The van der Waals surface area contributed by atoms with Gasteiger partial charge in [0.05, 0.1) is 11.9 Å². The number of benzene rings is 1. The molecule has 1 amide bonds. The summed E-state index contributed by atoms with van der Waals surface area (Å²) in [4.78, 5) is 16.7. The molecule has 3 rings (SSSR count). The third-order valence-corrected chi connectivity index (χ3v) is 4.61. The smallest absolute Gasteiger partial charge is 0.270 e. The minimum atomic E-state index is -0.0654. The lowest BCUT2D eigenvalue weighted by molar-refractivity contribution is 0.0928. The van der Waals surface area contributed by atoms with Gasteiger partial charge in [-0.05, 0) is 43.5 Å². The van der Waals surface area contributed by atoms with Crippen LogP contribution in [0.4, 0.5) is 11.4 Å². The predicted molar refractivity (Wildman–Crippen MR) is 97.7 cm³/mol. The van der Waals surface area contributed by atoms with E-state index in [1.54, 1.807) is 12.3 Å². The average Bonchev–Trinajstić information content (AvgIpc) is 2.86. The highest BCUT2D eigenvalue weighted by atomic mass is 16.1. The molecule has 1 aromatic heterocycles. The maximum atomic E-state index is 12.4. The summed E-state index contributed by atoms with van der Waals surface area (Å²) in [6.45, 7) is 2.06. The molecule has 1 heterocycles. The van der Waals surface area contributed by atoms with Crippen molar-refractivity contribution in [3.63, 3.8) is 0 Å². The Labute approximate surface area is 143 Å². The van der Waals surface area contributed by atoms with Gasteiger partial charge in [-0.2, -0.15) is 0 Å². The number of carbonyl (C=O) groups is 1. The molecule has 4 nitrogen and oxygen atoms in total. The molecular weight excluding hydrogens is 298 g/mol. The van der Waals surface area contributed by atoms with Crippen LogP contribution in [0.5, 0.6) is 0 Å². The molecule has 126 valence electrons. The Bertz CT molecular complexity index is 674. The Kier molecular flexibility index (Phi) is 5.47. The Morgan fingerprint density at radius 3 is 2.46 bits per heavy atom. The van der Waals surface area contributed by atoms with Gasteiger partial charge in [-0.1, -0.05) is 43.9 Å². The van der Waals surface area contributed by atoms with Crippen molar-refractivity contribution < 1.29 is 4.79 Å². The fourth-order valence-corrected chi connectivity index (χ4v) is 3.15. The molecule has 1 aliphatic rings. The van der Waals surface area contributed by atoms with E-state index in [1.807, 2.05) is 24.3 Å². The van der Waals surface area contributed by atoms with Crippen molar-refractivity contribution in [2.75, 3.05) is 5.32 Å². The van der Waals surface area contributed by atoms with Crippen LogP contribution in [0.25, 0.3) is 0 Å². The molecule has 0 unspecified atom stereocenters. The summed E-state index contributed by atoms with van der Waals surface area (Å²) in [5, 5.41) is 6.47. The molecule has 0 aliphatic heterocycles. The molecule has 1 fully saturated rings. The van der Waals surface area contributed by atoms with E-state index in [4.69, 9.17) is 0 Å². The van der Waals surface area contributed by atoms with Crippen LogP contribution < -0.4 is 10.6 Å². The number of para-hydroxylation sites is 1. The van der Waals surface area contributed by atoms with Gasteiger partial charge >= 0.3 is 0 Å². The molecule has 1 aromatic carbocycles. The zero-order valence-electron chi connectivity index (χ0n) is 14.2. The van der Waals surface area contributed by atoms with Crippen LogP contribution in [-0.2, 0) is 0 Å². The maximum Gasteiger partial charge on any atom is 0.270 e. The van der Waals surface area contributed by atoms with Crippen LogP contribution in [0.3, 0.4) is 0 Å². The van der Waals surface area contributed by atoms with Gasteiger partial charge in [-0.15, -0.1) is 0 Å². The number of nitrogens with zero attached hydrogens (tertiary/aromatic N) is 1. The Balaban J connectivity index is 1.61. The van der Waals surface area contributed by atoms with Gasteiger partial charge in [0.25, 0.3) is 5.91 Å². The van der Waals surface area contributed by atoms with E-state index >= 15 is 0 Å². The number of aryl methyl sites for hydroxylation is 1. The topological polar surface area (TPSA) is 54.0 Å². The summed E-state index contributed by atoms with van der Waals surface area (Å²) < 4.78 is 0. The minimum absolute atomic E-state index is 0.0654. The first kappa shape index (κ1) is 16.5. The van der Waals surface area contributed by atoms with Gasteiger partial charge in [-0.25, -0.2) is 4.98 Å². The molecule has 2 aromatic rings. The fourth-order valence-electron chi connectivity index (χ4n) is 3.15. The van der Waals surface area contributed by atoms with Crippen molar-refractivity contribution in [3.05, 3.63) is 53.9 Å². The number of hydrogen-bond donors (Lipinski definition) is 2. The number of hydrogen-bond acceptors (Lipinski definition) is 3. The first-order valence-corrected chi connectivity index (χ1v) is 8.82. The third-order valence-electron chi connectivity index (χ3n) is 4.61. The molecule has 0 atom stereocenters. The highest BCUT2D eigenvalue weighted by Crippen LogP contribution is 2.20. The van der Waals surface area contributed by atoms with E-state index in [0.29, 0.717) is 11.7 Å². The van der Waals surface area contributed by atoms with Crippen molar-refractivity contribution in [1.29, 1.82) is 0 Å². The van der Waals surface area contributed by atoms with Crippen molar-refractivity contribution in [2.24, 2.45) is 0 Å². The summed E-state index contributed by atoms with van der Waals surface area (Å²) >= 11 is 0. The van der Waals surface area contributed by atoms with Gasteiger partial charge in [0.2, 0.25) is 0 Å². The number of amides is 1. The first-order chi connectivity index (χ1) is 11.7. The molecule has 24 heavy (non-hydrogen) atoms. The first-order valence-electron chi connectivity index (χ1n) is 8.82. The third kappa shape index (κ3) is 4.34. The van der Waals surface area contributed by atoms with Crippen LogP contribution in [-0.4, -0.2) is 16.9 Å². The standard InChI is InChI=1S/C20H25N3O/c1-15-8-6-7-11-18(15)22-17-12-13-19(21-14-17)20(24)23-16-9-4-2-3-5-10-16/h6-8,11-14,16,22H,2-5,9-10H2,1H3,(H,23,24). The summed E-state index contributed by atoms with van der Waals surface area (Å²) in [7, 11) is 0. The minimum Gasteiger partial charge on any atom is -0.354 e. The summed E-state index contributed by atoms with van der Waals surface area (Å²) in [5.41, 5.74) is 3.59. The quantitative estimate of drug-likeness (QED) is 0.809. The second kappa shape index (κ2) is 7.95. The molecule has 0 radical (unpaired) electrons. The molecule has 0 bridgehead atoms. The van der Waals surface area contributed by atoms with Gasteiger partial charge in [0.15, 0.2) is 0 Å². The number of pyridine rings is 1. The van der Waals surface area contributed by atoms with Crippen LogP contribution in [0, 0.1) is 6.92 Å². The predicted octanol–water partition coefficient (Wildman–Crippen LogP) is 4.59. The van der Waals surface area contributed by atoms with Gasteiger partial charge in [0.1, 0.15) is 5.69 Å². The van der Waals surface area contributed by atoms with Crippen molar-refractivity contribution >= 4 is 17.3 Å². The SMILES string of the molecule is Cc1ccccc1Nc1ccc(C(=O)NC2CCCCCC2)nc1. The molecule has 0 spiro atoms. The van der Waals surface area contributed by atoms with E-state index in [1.165, 1.54) is 31.2 Å². The molecule has 4 heteroatoms. The number of aromatic nitrogens is 1. The van der Waals surface area contributed by atoms with Crippen LogP contribution in [0.2, 0.25) is 0 Å². The van der Waals surface area contributed by atoms with Crippen LogP contribution >= 0.6 is 0 Å². The number of anilines is 2. The summed E-state index contributed by atoms with van der Waals surface area (Å²) in [5.74, 6) is -0.0654. The lowest BCUT2D eigenvalue weighted by Gasteiger charge is -2.16. The summed E-state index contributed by atoms with van der Waals surface area (Å²) in [6.07, 6.45) is 8.86. The number of nitrogens with one attached hydrogen (secondary N) is 2. The van der Waals surface area contributed by atoms with Crippen LogP contribution in [0.1, 0.15) is 54.6 Å². The Morgan fingerprint density at radius 1 is 1.04 bits per heavy atom.